The standard InChI is InChI=1S/C17H23N3O2/c1-3-7-14-12(2)18-15(20-17(14)22)10-11-16(21)19-13-8-5-4-6-9-13/h3,7,13H,1-2,4-6,8-11H2,(H,19,21)(H,18,20,22)/b14-7+. The lowest BCUT2D eigenvalue weighted by Gasteiger charge is -2.22. The summed E-state index contributed by atoms with van der Waals surface area (Å²) in [5.41, 5.74) is -0.248. The molecule has 1 amide bonds. The van der Waals surface area contributed by atoms with E-state index in [2.05, 4.69) is 28.4 Å². The number of aromatic amines is 1. The second kappa shape index (κ2) is 7.73. The van der Waals surface area contributed by atoms with Gasteiger partial charge in [0.05, 0.1) is 10.6 Å². The second-order valence-corrected chi connectivity index (χ2v) is 5.68. The molecule has 2 N–H and O–H groups in total. The van der Waals surface area contributed by atoms with Gasteiger partial charge in [0, 0.05) is 18.9 Å². The van der Waals surface area contributed by atoms with E-state index < -0.39 is 0 Å². The fourth-order valence-corrected chi connectivity index (χ4v) is 2.77. The molecular formula is C17H23N3O2. The molecule has 1 aliphatic rings. The molecule has 0 bridgehead atoms. The maximum absolute atomic E-state index is 12.0. The third-order valence-electron chi connectivity index (χ3n) is 3.93. The molecule has 118 valence electrons. The van der Waals surface area contributed by atoms with Crippen molar-refractivity contribution in [3.8, 4) is 0 Å². The Morgan fingerprint density at radius 2 is 2.09 bits per heavy atom. The fraction of sp³-hybridized carbons (Fsp3) is 0.471. The zero-order valence-corrected chi connectivity index (χ0v) is 12.9. The van der Waals surface area contributed by atoms with Crippen LogP contribution in [0.15, 0.2) is 17.4 Å². The molecular weight excluding hydrogens is 278 g/mol. The SMILES string of the molecule is C=C/C=c1\c(=C)nc(CCC(=O)NC2CCCCC2)[nH]c1=O. The van der Waals surface area contributed by atoms with Crippen LogP contribution in [0.4, 0.5) is 0 Å². The quantitative estimate of drug-likeness (QED) is 0.833. The van der Waals surface area contributed by atoms with Gasteiger partial charge in [-0.2, -0.15) is 0 Å². The van der Waals surface area contributed by atoms with Crippen molar-refractivity contribution in [1.82, 2.24) is 15.3 Å². The first-order valence-corrected chi connectivity index (χ1v) is 7.80. The van der Waals surface area contributed by atoms with Crippen molar-refractivity contribution in [2.24, 2.45) is 0 Å². The van der Waals surface area contributed by atoms with Gasteiger partial charge in [0.25, 0.3) is 5.56 Å². The van der Waals surface area contributed by atoms with Crippen molar-refractivity contribution in [2.75, 3.05) is 0 Å². The van der Waals surface area contributed by atoms with Crippen LogP contribution in [-0.4, -0.2) is 21.9 Å². The summed E-state index contributed by atoms with van der Waals surface area (Å²) in [6, 6.07) is 0.307. The van der Waals surface area contributed by atoms with Crippen molar-refractivity contribution >= 4 is 18.6 Å². The number of aromatic nitrogens is 2. The van der Waals surface area contributed by atoms with Gasteiger partial charge < -0.3 is 10.3 Å². The second-order valence-electron chi connectivity index (χ2n) is 5.68. The van der Waals surface area contributed by atoms with Gasteiger partial charge in [0.1, 0.15) is 5.82 Å². The highest BCUT2D eigenvalue weighted by Gasteiger charge is 2.15. The zero-order valence-electron chi connectivity index (χ0n) is 12.9. The highest BCUT2D eigenvalue weighted by atomic mass is 16.1. The number of H-pyrrole nitrogens is 1. The van der Waals surface area contributed by atoms with Gasteiger partial charge in [0.2, 0.25) is 5.91 Å². The Morgan fingerprint density at radius 3 is 2.73 bits per heavy atom. The monoisotopic (exact) mass is 301 g/mol. The van der Waals surface area contributed by atoms with Crippen molar-refractivity contribution in [1.29, 1.82) is 0 Å². The smallest absolute Gasteiger partial charge is 0.258 e. The maximum atomic E-state index is 12.0. The molecule has 1 aromatic heterocycles. The molecule has 22 heavy (non-hydrogen) atoms. The summed E-state index contributed by atoms with van der Waals surface area (Å²) in [4.78, 5) is 30.8. The molecule has 0 spiro atoms. The van der Waals surface area contributed by atoms with Crippen LogP contribution in [0.5, 0.6) is 0 Å². The first-order valence-electron chi connectivity index (χ1n) is 7.80. The van der Waals surface area contributed by atoms with E-state index in [1.165, 1.54) is 25.3 Å². The van der Waals surface area contributed by atoms with Gasteiger partial charge in [-0.25, -0.2) is 4.98 Å². The van der Waals surface area contributed by atoms with Crippen molar-refractivity contribution in [3.05, 3.63) is 39.4 Å². The predicted molar refractivity (Wildman–Crippen MR) is 87.6 cm³/mol. The zero-order chi connectivity index (χ0) is 15.9. The molecule has 0 radical (unpaired) electrons. The molecule has 1 heterocycles. The van der Waals surface area contributed by atoms with E-state index in [9.17, 15) is 9.59 Å². The van der Waals surface area contributed by atoms with E-state index >= 15 is 0 Å². The highest BCUT2D eigenvalue weighted by molar-refractivity contribution is 5.76. The number of rotatable bonds is 5. The van der Waals surface area contributed by atoms with E-state index in [1.54, 1.807) is 6.08 Å². The number of nitrogens with zero attached hydrogens (tertiary/aromatic N) is 1. The molecule has 0 saturated heterocycles. The third kappa shape index (κ3) is 4.41. The van der Waals surface area contributed by atoms with Crippen LogP contribution in [0.3, 0.4) is 0 Å². The minimum atomic E-state index is -0.248. The van der Waals surface area contributed by atoms with Crippen molar-refractivity contribution < 1.29 is 4.79 Å². The Morgan fingerprint density at radius 1 is 1.36 bits per heavy atom. The lowest BCUT2D eigenvalue weighted by molar-refractivity contribution is -0.122. The Kier molecular flexibility index (Phi) is 5.69. The molecule has 1 fully saturated rings. The minimum Gasteiger partial charge on any atom is -0.353 e. The van der Waals surface area contributed by atoms with E-state index in [1.807, 2.05) is 0 Å². The normalized spacial score (nSPS) is 16.5. The average Bonchev–Trinajstić information content (AvgIpc) is 2.50. The number of allylic oxidation sites excluding steroid dienone is 1. The summed E-state index contributed by atoms with van der Waals surface area (Å²) in [6.45, 7) is 7.33. The van der Waals surface area contributed by atoms with Crippen LogP contribution >= 0.6 is 0 Å². The van der Waals surface area contributed by atoms with Crippen LogP contribution in [0.25, 0.3) is 12.7 Å². The van der Waals surface area contributed by atoms with Crippen LogP contribution < -0.4 is 21.4 Å². The predicted octanol–water partition coefficient (Wildman–Crippen LogP) is 0.528. The molecule has 1 aliphatic carbocycles. The minimum absolute atomic E-state index is 0.0156. The molecule has 0 unspecified atom stereocenters. The van der Waals surface area contributed by atoms with E-state index in [0.717, 1.165) is 12.8 Å². The van der Waals surface area contributed by atoms with Crippen LogP contribution in [0, 0.1) is 0 Å². The van der Waals surface area contributed by atoms with E-state index in [0.29, 0.717) is 35.3 Å². The topological polar surface area (TPSA) is 74.8 Å². The highest BCUT2D eigenvalue weighted by Crippen LogP contribution is 2.17. The Hall–Kier alpha value is -2.17. The Bertz CT molecular complexity index is 665. The lowest BCUT2D eigenvalue weighted by atomic mass is 9.95. The lowest BCUT2D eigenvalue weighted by Crippen LogP contribution is -2.43. The molecule has 0 aromatic carbocycles. The first-order chi connectivity index (χ1) is 10.6. The van der Waals surface area contributed by atoms with Gasteiger partial charge in [-0.15, -0.1) is 0 Å². The number of hydrogen-bond acceptors (Lipinski definition) is 3. The molecule has 1 aromatic rings. The van der Waals surface area contributed by atoms with Gasteiger partial charge >= 0.3 is 0 Å². The Balaban J connectivity index is 1.95. The molecule has 5 heteroatoms. The average molecular weight is 301 g/mol. The van der Waals surface area contributed by atoms with Gasteiger partial charge in [-0.05, 0) is 18.9 Å². The van der Waals surface area contributed by atoms with Crippen molar-refractivity contribution in [3.63, 3.8) is 0 Å². The summed E-state index contributed by atoms with van der Waals surface area (Å²) in [5.74, 6) is 0.511. The van der Waals surface area contributed by atoms with E-state index in [-0.39, 0.29) is 11.5 Å². The van der Waals surface area contributed by atoms with Crippen molar-refractivity contribution in [2.45, 2.75) is 51.0 Å². The summed E-state index contributed by atoms with van der Waals surface area (Å²) in [6.07, 6.45) is 9.60. The third-order valence-corrected chi connectivity index (χ3v) is 3.93. The Labute approximate surface area is 129 Å². The number of hydrogen-bond donors (Lipinski definition) is 2. The van der Waals surface area contributed by atoms with Crippen LogP contribution in [0.2, 0.25) is 0 Å². The summed E-state index contributed by atoms with van der Waals surface area (Å²) < 4.78 is 0. The van der Waals surface area contributed by atoms with Gasteiger partial charge in [-0.3, -0.25) is 9.59 Å². The number of amides is 1. The first kappa shape index (κ1) is 16.2. The largest absolute Gasteiger partial charge is 0.353 e. The molecule has 0 atom stereocenters. The molecule has 2 rings (SSSR count). The van der Waals surface area contributed by atoms with Crippen LogP contribution in [0.1, 0.15) is 44.3 Å². The molecule has 0 aliphatic heterocycles. The number of aryl methyl sites for hydroxylation is 1. The summed E-state index contributed by atoms with van der Waals surface area (Å²) in [7, 11) is 0. The number of carbonyl (C=O) groups is 1. The van der Waals surface area contributed by atoms with Gasteiger partial charge in [0.15, 0.2) is 0 Å². The van der Waals surface area contributed by atoms with Crippen LogP contribution in [-0.2, 0) is 11.2 Å². The fourth-order valence-electron chi connectivity index (χ4n) is 2.77. The van der Waals surface area contributed by atoms with E-state index in [4.69, 9.17) is 0 Å². The number of nitrogens with one attached hydrogen (secondary N) is 2. The maximum Gasteiger partial charge on any atom is 0.258 e. The molecule has 1 saturated carbocycles. The summed E-state index contributed by atoms with van der Waals surface area (Å²) >= 11 is 0. The number of carbonyl (C=O) groups excluding carboxylic acids is 1. The summed E-state index contributed by atoms with van der Waals surface area (Å²) in [5, 5.41) is 3.87. The molecule has 5 nitrogen and oxygen atoms in total. The van der Waals surface area contributed by atoms with Gasteiger partial charge in [-0.1, -0.05) is 38.5 Å².